The van der Waals surface area contributed by atoms with Crippen molar-refractivity contribution in [2.45, 2.75) is 11.6 Å². The van der Waals surface area contributed by atoms with Crippen LogP contribution >= 0.6 is 0 Å². The summed E-state index contributed by atoms with van der Waals surface area (Å²) in [6.45, 7) is 0. The maximum atomic E-state index is 4.06. The summed E-state index contributed by atoms with van der Waals surface area (Å²) in [7, 11) is 0. The van der Waals surface area contributed by atoms with Gasteiger partial charge in [-0.25, -0.2) is 0 Å². The molecule has 0 amide bonds. The van der Waals surface area contributed by atoms with Crippen molar-refractivity contribution in [2.24, 2.45) is 0 Å². The van der Waals surface area contributed by atoms with Crippen LogP contribution in [-0.2, 0) is 6.42 Å². The summed E-state index contributed by atoms with van der Waals surface area (Å²) in [6, 6.07) is 0. The molecule has 1 aromatic heterocycles. The Morgan fingerprint density at radius 2 is 2.62 bits per heavy atom. The molecule has 3 heteroatoms. The van der Waals surface area contributed by atoms with Gasteiger partial charge in [0.25, 0.3) is 0 Å². The van der Waals surface area contributed by atoms with Gasteiger partial charge in [-0.2, -0.15) is 0 Å². The molecule has 0 spiro atoms. The molecule has 1 N–H and O–H groups in total. The number of hydrogen-bond donors (Lipinski definition) is 1. The van der Waals surface area contributed by atoms with Crippen LogP contribution in [0.3, 0.4) is 0 Å². The van der Waals surface area contributed by atoms with E-state index in [0.29, 0.717) is 0 Å². The van der Waals surface area contributed by atoms with Gasteiger partial charge in [0.2, 0.25) is 0 Å². The Bertz CT molecular complexity index is 136. The van der Waals surface area contributed by atoms with Gasteiger partial charge in [0, 0.05) is 0 Å². The molecule has 0 aliphatic carbocycles. The molecular formula is C5H9AsN2. The minimum atomic E-state index is 1.11. The normalized spacial score (nSPS) is 9.62. The third-order valence-corrected chi connectivity index (χ3v) is 1.56. The van der Waals surface area contributed by atoms with Gasteiger partial charge in [-0.05, 0) is 0 Å². The maximum absolute atomic E-state index is 4.06. The van der Waals surface area contributed by atoms with Gasteiger partial charge >= 0.3 is 56.7 Å². The van der Waals surface area contributed by atoms with E-state index in [2.05, 4.69) is 9.97 Å². The van der Waals surface area contributed by atoms with E-state index < -0.39 is 0 Å². The Morgan fingerprint density at radius 3 is 3.12 bits per heavy atom. The van der Waals surface area contributed by atoms with Crippen LogP contribution in [0.5, 0.6) is 0 Å². The summed E-state index contributed by atoms with van der Waals surface area (Å²) in [5.74, 6) is 0. The van der Waals surface area contributed by atoms with Gasteiger partial charge < -0.3 is 0 Å². The van der Waals surface area contributed by atoms with Gasteiger partial charge in [-0.15, -0.1) is 0 Å². The van der Waals surface area contributed by atoms with E-state index in [1.807, 2.05) is 6.20 Å². The quantitative estimate of drug-likeness (QED) is 0.625. The minimum absolute atomic E-state index is 1.11. The molecule has 1 rings (SSSR count). The van der Waals surface area contributed by atoms with Crippen LogP contribution in [-0.4, -0.2) is 26.8 Å². The first-order valence-corrected chi connectivity index (χ1v) is 4.32. The van der Waals surface area contributed by atoms with Crippen LogP contribution in [0.1, 0.15) is 5.69 Å². The molecule has 0 saturated carbocycles. The molecule has 0 bridgehead atoms. The average molecular weight is 172 g/mol. The number of aromatic amines is 1. The number of H-pyrrole nitrogens is 1. The predicted octanol–water partition coefficient (Wildman–Crippen LogP) is 0.00360. The molecule has 1 aromatic rings. The van der Waals surface area contributed by atoms with Crippen molar-refractivity contribution < 1.29 is 0 Å². The van der Waals surface area contributed by atoms with Crippen molar-refractivity contribution in [3.63, 3.8) is 0 Å². The van der Waals surface area contributed by atoms with E-state index in [9.17, 15) is 0 Å². The topological polar surface area (TPSA) is 28.7 Å². The van der Waals surface area contributed by atoms with E-state index in [0.717, 1.165) is 6.42 Å². The van der Waals surface area contributed by atoms with Crippen LogP contribution in [0.15, 0.2) is 12.5 Å². The fourth-order valence-corrected chi connectivity index (χ4v) is 1.20. The summed E-state index contributed by atoms with van der Waals surface area (Å²) in [6.07, 6.45) is 4.78. The van der Waals surface area contributed by atoms with Gasteiger partial charge in [-0.1, -0.05) is 0 Å². The van der Waals surface area contributed by atoms with Crippen LogP contribution in [0.25, 0.3) is 0 Å². The molecule has 0 saturated heterocycles. The Kier molecular flexibility index (Phi) is 2.16. The Morgan fingerprint density at radius 1 is 1.75 bits per heavy atom. The number of nitrogens with one attached hydrogen (secondary N) is 1. The van der Waals surface area contributed by atoms with Crippen molar-refractivity contribution in [3.8, 4) is 0 Å². The molecule has 0 radical (unpaired) electrons. The third kappa shape index (κ3) is 1.37. The van der Waals surface area contributed by atoms with Crippen molar-refractivity contribution in [1.29, 1.82) is 0 Å². The first kappa shape index (κ1) is 5.90. The number of aryl methyl sites for hydroxylation is 1. The Balaban J connectivity index is 2.50. The van der Waals surface area contributed by atoms with Crippen LogP contribution in [0.4, 0.5) is 0 Å². The molecule has 1 unspecified atom stereocenters. The SMILES string of the molecule is [AsH2]CCc1c[nH]cn1. The summed E-state index contributed by atoms with van der Waals surface area (Å²) < 4.78 is 0. The van der Waals surface area contributed by atoms with Crippen molar-refractivity contribution in [2.75, 3.05) is 0 Å². The Hall–Kier alpha value is -0.232. The molecule has 2 nitrogen and oxygen atoms in total. The molecule has 1 atom stereocenters. The van der Waals surface area contributed by atoms with Crippen LogP contribution in [0.2, 0.25) is 5.21 Å². The molecule has 0 aromatic carbocycles. The predicted molar refractivity (Wildman–Crippen MR) is 35.6 cm³/mol. The second kappa shape index (κ2) is 2.93. The van der Waals surface area contributed by atoms with E-state index >= 15 is 0 Å². The number of rotatable bonds is 2. The summed E-state index contributed by atoms with van der Waals surface area (Å²) >= 11 is 1.76. The van der Waals surface area contributed by atoms with E-state index in [-0.39, 0.29) is 0 Å². The monoisotopic (exact) mass is 172 g/mol. The van der Waals surface area contributed by atoms with E-state index in [4.69, 9.17) is 0 Å². The molecule has 8 heavy (non-hydrogen) atoms. The van der Waals surface area contributed by atoms with Crippen molar-refractivity contribution in [3.05, 3.63) is 18.2 Å². The first-order valence-electron chi connectivity index (χ1n) is 2.61. The standard InChI is InChI=1S/C5H9AsN2/c6-2-1-5-3-7-4-8-5/h3-4H,1-2,6H2,(H,7,8). The zero-order chi connectivity index (χ0) is 5.82. The summed E-state index contributed by atoms with van der Waals surface area (Å²) in [5.41, 5.74) is 1.18. The van der Waals surface area contributed by atoms with Crippen LogP contribution < -0.4 is 0 Å². The molecule has 0 aliphatic heterocycles. The number of hydrogen-bond acceptors (Lipinski definition) is 1. The second-order valence-corrected chi connectivity index (χ2v) is 2.81. The van der Waals surface area contributed by atoms with Gasteiger partial charge in [0.15, 0.2) is 0 Å². The zero-order valence-corrected chi connectivity index (χ0v) is 7.02. The second-order valence-electron chi connectivity index (χ2n) is 1.60. The van der Waals surface area contributed by atoms with E-state index in [1.165, 1.54) is 10.9 Å². The summed E-state index contributed by atoms with van der Waals surface area (Å²) in [5, 5.41) is 1.23. The third-order valence-electron chi connectivity index (χ3n) is 0.955. The Labute approximate surface area is 57.2 Å². The number of aromatic nitrogens is 2. The first-order chi connectivity index (χ1) is 3.93. The van der Waals surface area contributed by atoms with Crippen molar-refractivity contribution >= 4 is 16.9 Å². The molecule has 44 valence electrons. The fraction of sp³-hybridized carbons (Fsp3) is 0.400. The van der Waals surface area contributed by atoms with Gasteiger partial charge in [0.05, 0.1) is 0 Å². The zero-order valence-electron chi connectivity index (χ0n) is 4.59. The number of nitrogens with zero attached hydrogens (tertiary/aromatic N) is 1. The van der Waals surface area contributed by atoms with Crippen LogP contribution in [0, 0.1) is 0 Å². The van der Waals surface area contributed by atoms with Gasteiger partial charge in [-0.3, -0.25) is 0 Å². The molecule has 1 heterocycles. The summed E-state index contributed by atoms with van der Waals surface area (Å²) in [4.78, 5) is 6.97. The van der Waals surface area contributed by atoms with E-state index in [1.54, 1.807) is 23.2 Å². The van der Waals surface area contributed by atoms with Crippen molar-refractivity contribution in [1.82, 2.24) is 9.97 Å². The van der Waals surface area contributed by atoms with Gasteiger partial charge in [0.1, 0.15) is 0 Å². The molecule has 0 aliphatic rings. The number of imidazole rings is 1. The molecule has 0 fully saturated rings. The molecular weight excluding hydrogens is 163 g/mol. The average Bonchev–Trinajstić information content (AvgIpc) is 2.19. The fourth-order valence-electron chi connectivity index (χ4n) is 0.576.